The van der Waals surface area contributed by atoms with E-state index in [0.29, 0.717) is 39.3 Å². The number of aryl methyl sites for hydroxylation is 1. The zero-order chi connectivity index (χ0) is 31.3. The topological polar surface area (TPSA) is 46.4 Å². The number of piperidine rings is 1. The third-order valence-electron chi connectivity index (χ3n) is 8.77. The van der Waals surface area contributed by atoms with Gasteiger partial charge in [0, 0.05) is 33.0 Å². The van der Waals surface area contributed by atoms with Gasteiger partial charge in [0.2, 0.25) is 12.5 Å². The van der Waals surface area contributed by atoms with Crippen LogP contribution < -0.4 is 0 Å². The predicted octanol–water partition coefficient (Wildman–Crippen LogP) is 8.83. The summed E-state index contributed by atoms with van der Waals surface area (Å²) in [4.78, 5) is 18.7. The Hall–Kier alpha value is -2.81. The summed E-state index contributed by atoms with van der Waals surface area (Å²) in [5.74, 6) is 0.206. The lowest BCUT2D eigenvalue weighted by Gasteiger charge is -2.41. The van der Waals surface area contributed by atoms with Crippen molar-refractivity contribution in [1.82, 2.24) is 9.57 Å². The molecule has 4 aromatic carbocycles. The Kier molecular flexibility index (Phi) is 9.75. The van der Waals surface area contributed by atoms with Crippen LogP contribution in [0.5, 0.6) is 0 Å². The Labute approximate surface area is 259 Å². The average Bonchev–Trinajstić information content (AvgIpc) is 3.02. The van der Waals surface area contributed by atoms with E-state index < -0.39 is 8.53 Å². The zero-order valence-electron chi connectivity index (χ0n) is 27.1. The lowest BCUT2D eigenvalue weighted by atomic mass is 9.81. The summed E-state index contributed by atoms with van der Waals surface area (Å²) < 4.78 is 23.1. The molecule has 0 aliphatic carbocycles. The number of carbonyl (C=O) groups is 1. The van der Waals surface area contributed by atoms with Crippen molar-refractivity contribution in [2.24, 2.45) is 5.41 Å². The highest BCUT2D eigenvalue weighted by Gasteiger charge is 2.35. The maximum atomic E-state index is 13.3. The summed E-state index contributed by atoms with van der Waals surface area (Å²) >= 11 is 0. The number of rotatable bonds is 13. The van der Waals surface area contributed by atoms with Gasteiger partial charge in [-0.2, -0.15) is 0 Å². The van der Waals surface area contributed by atoms with Crippen molar-refractivity contribution in [1.29, 1.82) is 0 Å². The minimum Gasteiger partial charge on any atom is -0.343 e. The Morgan fingerprint density at radius 2 is 1.65 bits per heavy atom. The molecule has 1 atom stereocenters. The minimum absolute atomic E-state index is 0.206. The Balaban J connectivity index is 1.17. The molecule has 1 fully saturated rings. The van der Waals surface area contributed by atoms with Crippen LogP contribution in [0.25, 0.3) is 37.2 Å². The lowest BCUT2D eigenvalue weighted by molar-refractivity contribution is -0.133. The number of nitrogens with zero attached hydrogens (tertiary/aromatic N) is 3. The highest BCUT2D eigenvalue weighted by Crippen LogP contribution is 2.48. The van der Waals surface area contributed by atoms with Gasteiger partial charge in [0.15, 0.2) is 0 Å². The van der Waals surface area contributed by atoms with Crippen LogP contribution in [0, 0.1) is 12.0 Å². The summed E-state index contributed by atoms with van der Waals surface area (Å²) in [5.41, 5.74) is 1.02. The van der Waals surface area contributed by atoms with Crippen molar-refractivity contribution in [2.45, 2.75) is 78.8 Å². The lowest BCUT2D eigenvalue weighted by Crippen LogP contribution is -2.44. The van der Waals surface area contributed by atoms with Crippen molar-refractivity contribution in [2.75, 3.05) is 32.8 Å². The molecule has 5 rings (SSSR count). The summed E-state index contributed by atoms with van der Waals surface area (Å²) in [6.45, 7) is 18.3. The largest absolute Gasteiger partial charge is 0.343 e. The molecule has 0 bridgehead atoms. The molecular formula is C36H46N3O3P. The first-order chi connectivity index (χ1) is 21.3. The second-order valence-electron chi connectivity index (χ2n) is 12.6. The van der Waals surface area contributed by atoms with E-state index >= 15 is 0 Å². The first kappa shape index (κ1) is 30.2. The predicted molar refractivity (Wildman–Crippen MR) is 179 cm³/mol. The second kappa shape index (κ2) is 13.9. The number of amides is 1. The second-order valence-corrected chi connectivity index (χ2v) is 14.1. The van der Waals surface area contributed by atoms with Gasteiger partial charge in [-0.15, -0.1) is 0 Å². The third-order valence-corrected chi connectivity index (χ3v) is 10.8. The van der Waals surface area contributed by atoms with E-state index in [9.17, 15) is 4.79 Å². The number of hydrogen-bond donors (Lipinski definition) is 0. The van der Waals surface area contributed by atoms with E-state index in [1.807, 2.05) is 4.90 Å². The summed E-state index contributed by atoms with van der Waals surface area (Å²) in [6.07, 6.45) is 3.73. The van der Waals surface area contributed by atoms with Gasteiger partial charge in [-0.25, -0.2) is 11.2 Å². The fraction of sp³-hybridized carbons (Fsp3) is 0.500. The highest BCUT2D eigenvalue weighted by molar-refractivity contribution is 7.44. The van der Waals surface area contributed by atoms with E-state index in [-0.39, 0.29) is 30.3 Å². The number of carbonyl (C=O) groups excluding carboxylic acids is 1. The number of likely N-dealkylation sites (tertiary alicyclic amines) is 1. The summed E-state index contributed by atoms with van der Waals surface area (Å²) in [5, 5.41) is 7.77. The van der Waals surface area contributed by atoms with Gasteiger partial charge < -0.3 is 18.8 Å². The molecule has 228 valence electrons. The van der Waals surface area contributed by atoms with Gasteiger partial charge in [0.1, 0.15) is 6.61 Å². The molecule has 7 heteroatoms. The molecule has 1 heterocycles. The van der Waals surface area contributed by atoms with Crippen LogP contribution in [0.1, 0.15) is 67.2 Å². The first-order valence-corrected chi connectivity index (χ1v) is 16.8. The van der Waals surface area contributed by atoms with Crippen LogP contribution in [0.2, 0.25) is 0 Å². The van der Waals surface area contributed by atoms with Crippen molar-refractivity contribution < 1.29 is 15.2 Å². The molecule has 1 aliphatic heterocycles. The van der Waals surface area contributed by atoms with Gasteiger partial charge in [0.05, 0.1) is 6.61 Å². The van der Waals surface area contributed by atoms with E-state index in [2.05, 4.69) is 91.8 Å². The van der Waals surface area contributed by atoms with E-state index in [1.54, 1.807) is 0 Å². The van der Waals surface area contributed by atoms with E-state index in [1.165, 1.54) is 37.9 Å². The Bertz CT molecular complexity index is 1570. The molecule has 4 aromatic rings. The monoisotopic (exact) mass is 601 g/mol. The molecule has 0 saturated carbocycles. The van der Waals surface area contributed by atoms with Crippen LogP contribution in [-0.2, 0) is 20.3 Å². The van der Waals surface area contributed by atoms with Crippen molar-refractivity contribution in [3.05, 3.63) is 71.6 Å². The maximum Gasteiger partial charge on any atom is 0.259 e. The smallest absolute Gasteiger partial charge is 0.259 e. The van der Waals surface area contributed by atoms with Crippen LogP contribution in [0.4, 0.5) is 0 Å². The standard InChI is InChI=1S/C36H46N3O3P/c1-26(2)39(27(3)4)43(41-24-21-37-6)42-25-36(5)19-22-38(23-20-36)33(40)12-8-9-28-13-14-31-16-15-29-10-7-11-30-17-18-32(28)35(31)34(29)30/h7,10-11,13-18,26-27H,8-9,12,19-25H2,1-5H3/i5T. The van der Waals surface area contributed by atoms with Crippen LogP contribution >= 0.6 is 8.53 Å². The molecule has 0 radical (unpaired) electrons. The summed E-state index contributed by atoms with van der Waals surface area (Å²) in [6, 6.07) is 20.3. The quantitative estimate of drug-likeness (QED) is 0.0665. The van der Waals surface area contributed by atoms with Crippen molar-refractivity contribution in [3.63, 3.8) is 0 Å². The fourth-order valence-electron chi connectivity index (χ4n) is 6.48. The molecule has 1 aliphatic rings. The van der Waals surface area contributed by atoms with Crippen LogP contribution in [0.15, 0.2) is 54.6 Å². The molecular weight excluding hydrogens is 553 g/mol. The normalized spacial score (nSPS) is 16.5. The molecule has 1 saturated heterocycles. The molecule has 43 heavy (non-hydrogen) atoms. The minimum atomic E-state index is -1.33. The fourth-order valence-corrected chi connectivity index (χ4v) is 8.20. The van der Waals surface area contributed by atoms with Gasteiger partial charge in [0.25, 0.3) is 8.53 Å². The van der Waals surface area contributed by atoms with Gasteiger partial charge >= 0.3 is 0 Å². The zero-order valence-corrected chi connectivity index (χ0v) is 27.0. The average molecular weight is 602 g/mol. The molecule has 0 N–H and O–H groups in total. The van der Waals surface area contributed by atoms with E-state index in [4.69, 9.17) is 17.0 Å². The number of hydrogen-bond acceptors (Lipinski definition) is 4. The molecule has 1 unspecified atom stereocenters. The van der Waals surface area contributed by atoms with Gasteiger partial charge in [-0.05, 0) is 96.7 Å². The summed E-state index contributed by atoms with van der Waals surface area (Å²) in [7, 11) is -1.33. The SMILES string of the molecule is [3H]CC1(COP(OCC[N+]#[C-])N(C(C)C)C(C)C)CCN(C(=O)CCCc2ccc3ccc4cccc5ccc2c3c45)CC1. The van der Waals surface area contributed by atoms with Crippen LogP contribution in [-0.4, -0.2) is 60.4 Å². The van der Waals surface area contributed by atoms with Gasteiger partial charge in [-0.1, -0.05) is 61.5 Å². The highest BCUT2D eigenvalue weighted by atomic mass is 31.2. The molecule has 1 amide bonds. The first-order valence-electron chi connectivity index (χ1n) is 16.4. The Morgan fingerprint density at radius 1 is 1.00 bits per heavy atom. The van der Waals surface area contributed by atoms with Crippen molar-refractivity contribution >= 4 is 46.8 Å². The molecule has 0 spiro atoms. The molecule has 0 aromatic heterocycles. The van der Waals surface area contributed by atoms with E-state index in [0.717, 1.165) is 25.7 Å². The van der Waals surface area contributed by atoms with Gasteiger partial charge in [-0.3, -0.25) is 4.79 Å². The third kappa shape index (κ3) is 7.13. The Morgan fingerprint density at radius 3 is 2.30 bits per heavy atom. The van der Waals surface area contributed by atoms with Crippen LogP contribution in [0.3, 0.4) is 0 Å². The maximum absolute atomic E-state index is 13.3. The van der Waals surface area contributed by atoms with Crippen molar-refractivity contribution in [3.8, 4) is 0 Å². The molecule has 6 nitrogen and oxygen atoms in total. The number of benzene rings is 4.